The highest BCUT2D eigenvalue weighted by Gasteiger charge is 2.06. The maximum absolute atomic E-state index is 13.4. The summed E-state index contributed by atoms with van der Waals surface area (Å²) in [5.74, 6) is -0.433. The van der Waals surface area contributed by atoms with Crippen molar-refractivity contribution in [2.45, 2.75) is 11.4 Å². The first-order chi connectivity index (χ1) is 9.69. The Morgan fingerprint density at radius 2 is 1.85 bits per heavy atom. The van der Waals surface area contributed by atoms with Crippen LogP contribution in [-0.4, -0.2) is 11.7 Å². The second-order valence-corrected chi connectivity index (χ2v) is 5.21. The highest BCUT2D eigenvalue weighted by Crippen LogP contribution is 2.19. The Hall–Kier alpha value is -1.85. The second-order valence-electron chi connectivity index (χ2n) is 4.16. The quantitative estimate of drug-likeness (QED) is 0.832. The van der Waals surface area contributed by atoms with Gasteiger partial charge < -0.3 is 11.1 Å². The molecule has 0 atom stereocenters. The molecule has 0 aliphatic rings. The summed E-state index contributed by atoms with van der Waals surface area (Å²) in [4.78, 5) is 12.7. The average molecular weight is 290 g/mol. The van der Waals surface area contributed by atoms with Gasteiger partial charge in [0.1, 0.15) is 5.82 Å². The third-order valence-electron chi connectivity index (χ3n) is 2.68. The summed E-state index contributed by atoms with van der Waals surface area (Å²) in [6.07, 6.45) is 0. The van der Waals surface area contributed by atoms with Crippen LogP contribution in [0.5, 0.6) is 0 Å². The van der Waals surface area contributed by atoms with Crippen LogP contribution in [0.3, 0.4) is 0 Å². The van der Waals surface area contributed by atoms with Crippen LogP contribution in [-0.2, 0) is 11.3 Å². The molecule has 0 unspecified atom stereocenters. The van der Waals surface area contributed by atoms with Crippen LogP contribution in [0.1, 0.15) is 5.56 Å². The van der Waals surface area contributed by atoms with E-state index in [9.17, 15) is 9.18 Å². The molecule has 0 saturated carbocycles. The molecular formula is C15H15FN2OS. The van der Waals surface area contributed by atoms with Gasteiger partial charge >= 0.3 is 0 Å². The van der Waals surface area contributed by atoms with Crippen molar-refractivity contribution >= 4 is 23.4 Å². The van der Waals surface area contributed by atoms with Crippen LogP contribution in [0.2, 0.25) is 0 Å². The Labute approximate surface area is 121 Å². The van der Waals surface area contributed by atoms with Crippen LogP contribution in [0, 0.1) is 5.82 Å². The number of amides is 1. The molecule has 0 aliphatic heterocycles. The van der Waals surface area contributed by atoms with Crippen molar-refractivity contribution in [3.8, 4) is 0 Å². The number of carbonyl (C=O) groups excluding carboxylic acids is 1. The van der Waals surface area contributed by atoms with Gasteiger partial charge in [-0.1, -0.05) is 24.3 Å². The van der Waals surface area contributed by atoms with Crippen molar-refractivity contribution in [1.29, 1.82) is 0 Å². The minimum atomic E-state index is -0.432. The van der Waals surface area contributed by atoms with Crippen molar-refractivity contribution in [2.24, 2.45) is 5.73 Å². The molecule has 0 spiro atoms. The average Bonchev–Trinajstić information content (AvgIpc) is 2.48. The lowest BCUT2D eigenvalue weighted by Crippen LogP contribution is -2.14. The van der Waals surface area contributed by atoms with E-state index in [1.165, 1.54) is 23.9 Å². The summed E-state index contributed by atoms with van der Waals surface area (Å²) < 4.78 is 13.4. The number of anilines is 1. The molecule has 0 radical (unpaired) electrons. The predicted octanol–water partition coefficient (Wildman–Crippen LogP) is 3.02. The van der Waals surface area contributed by atoms with Crippen LogP contribution >= 0.6 is 11.8 Å². The Morgan fingerprint density at radius 1 is 1.15 bits per heavy atom. The van der Waals surface area contributed by atoms with Crippen molar-refractivity contribution in [3.05, 3.63) is 59.9 Å². The molecule has 3 nitrogen and oxygen atoms in total. The number of carbonyl (C=O) groups is 1. The van der Waals surface area contributed by atoms with Crippen LogP contribution in [0.15, 0.2) is 53.4 Å². The molecule has 1 amide bonds. The highest BCUT2D eigenvalue weighted by molar-refractivity contribution is 8.00. The number of halogens is 1. The minimum Gasteiger partial charge on any atom is -0.326 e. The molecular weight excluding hydrogens is 275 g/mol. The molecule has 3 N–H and O–H groups in total. The molecule has 0 fully saturated rings. The third-order valence-corrected chi connectivity index (χ3v) is 3.69. The zero-order chi connectivity index (χ0) is 14.4. The van der Waals surface area contributed by atoms with E-state index >= 15 is 0 Å². The van der Waals surface area contributed by atoms with E-state index < -0.39 is 5.82 Å². The lowest BCUT2D eigenvalue weighted by Gasteiger charge is -2.06. The van der Waals surface area contributed by atoms with E-state index in [0.29, 0.717) is 6.54 Å². The Bertz CT molecular complexity index is 587. The topological polar surface area (TPSA) is 55.1 Å². The van der Waals surface area contributed by atoms with E-state index in [1.807, 2.05) is 24.3 Å². The van der Waals surface area contributed by atoms with E-state index in [1.54, 1.807) is 12.1 Å². The Morgan fingerprint density at radius 3 is 2.50 bits per heavy atom. The van der Waals surface area contributed by atoms with E-state index in [2.05, 4.69) is 5.32 Å². The van der Waals surface area contributed by atoms with Crippen molar-refractivity contribution < 1.29 is 9.18 Å². The van der Waals surface area contributed by atoms with Gasteiger partial charge in [0.25, 0.3) is 0 Å². The summed E-state index contributed by atoms with van der Waals surface area (Å²) in [6.45, 7) is 0.499. The van der Waals surface area contributed by atoms with Crippen LogP contribution in [0.4, 0.5) is 10.1 Å². The minimum absolute atomic E-state index is 0.205. The number of benzene rings is 2. The predicted molar refractivity (Wildman–Crippen MR) is 80.1 cm³/mol. The first kappa shape index (κ1) is 14.6. The number of nitrogens with one attached hydrogen (secondary N) is 1. The fraction of sp³-hybridized carbons (Fsp3) is 0.133. The Balaban J connectivity index is 1.87. The zero-order valence-electron chi connectivity index (χ0n) is 10.8. The first-order valence-corrected chi connectivity index (χ1v) is 7.14. The maximum atomic E-state index is 13.4. The molecule has 20 heavy (non-hydrogen) atoms. The van der Waals surface area contributed by atoms with Gasteiger partial charge in [0, 0.05) is 11.4 Å². The van der Waals surface area contributed by atoms with Crippen molar-refractivity contribution in [3.63, 3.8) is 0 Å². The van der Waals surface area contributed by atoms with Gasteiger partial charge in [-0.3, -0.25) is 4.79 Å². The third kappa shape index (κ3) is 4.08. The van der Waals surface area contributed by atoms with Crippen LogP contribution in [0.25, 0.3) is 0 Å². The number of hydrogen-bond acceptors (Lipinski definition) is 3. The monoisotopic (exact) mass is 290 g/mol. The standard InChI is InChI=1S/C15H15FN2OS/c16-13-3-1-2-4-14(13)18-15(19)10-20-12-7-5-11(9-17)6-8-12/h1-8H,9-10,17H2,(H,18,19). The molecule has 104 valence electrons. The fourth-order valence-corrected chi connectivity index (χ4v) is 2.32. The molecule has 2 aromatic rings. The van der Waals surface area contributed by atoms with Gasteiger partial charge in [-0.05, 0) is 29.8 Å². The van der Waals surface area contributed by atoms with E-state index in [-0.39, 0.29) is 17.3 Å². The largest absolute Gasteiger partial charge is 0.326 e. The molecule has 0 heterocycles. The lowest BCUT2D eigenvalue weighted by molar-refractivity contribution is -0.113. The van der Waals surface area contributed by atoms with Gasteiger partial charge in [-0.25, -0.2) is 4.39 Å². The molecule has 5 heteroatoms. The number of rotatable bonds is 5. The number of nitrogens with two attached hydrogens (primary N) is 1. The summed E-state index contributed by atoms with van der Waals surface area (Å²) in [6, 6.07) is 13.8. The fourth-order valence-electron chi connectivity index (χ4n) is 1.62. The molecule has 0 bridgehead atoms. The van der Waals surface area contributed by atoms with E-state index in [4.69, 9.17) is 5.73 Å². The maximum Gasteiger partial charge on any atom is 0.234 e. The summed E-state index contributed by atoms with van der Waals surface area (Å²) in [5, 5.41) is 2.55. The first-order valence-electron chi connectivity index (χ1n) is 6.15. The molecule has 0 saturated heterocycles. The van der Waals surface area contributed by atoms with Gasteiger partial charge in [0.2, 0.25) is 5.91 Å². The van der Waals surface area contributed by atoms with Gasteiger partial charge in [-0.2, -0.15) is 0 Å². The van der Waals surface area contributed by atoms with Crippen molar-refractivity contribution in [1.82, 2.24) is 0 Å². The molecule has 0 aromatic heterocycles. The SMILES string of the molecule is NCc1ccc(SCC(=O)Nc2ccccc2F)cc1. The number of para-hydroxylation sites is 1. The number of hydrogen-bond donors (Lipinski definition) is 2. The molecule has 2 rings (SSSR count). The molecule has 0 aliphatic carbocycles. The summed E-state index contributed by atoms with van der Waals surface area (Å²) in [5.41, 5.74) is 6.77. The highest BCUT2D eigenvalue weighted by atomic mass is 32.2. The van der Waals surface area contributed by atoms with Crippen molar-refractivity contribution in [2.75, 3.05) is 11.1 Å². The summed E-state index contributed by atoms with van der Waals surface area (Å²) in [7, 11) is 0. The van der Waals surface area contributed by atoms with Gasteiger partial charge in [0.15, 0.2) is 0 Å². The molecule has 2 aromatic carbocycles. The van der Waals surface area contributed by atoms with Gasteiger partial charge in [0.05, 0.1) is 11.4 Å². The zero-order valence-corrected chi connectivity index (χ0v) is 11.6. The second kappa shape index (κ2) is 7.07. The van der Waals surface area contributed by atoms with E-state index in [0.717, 1.165) is 10.5 Å². The van der Waals surface area contributed by atoms with Gasteiger partial charge in [-0.15, -0.1) is 11.8 Å². The summed E-state index contributed by atoms with van der Waals surface area (Å²) >= 11 is 1.40. The number of thioether (sulfide) groups is 1. The van der Waals surface area contributed by atoms with Crippen LogP contribution < -0.4 is 11.1 Å². The normalized spacial score (nSPS) is 10.3. The lowest BCUT2D eigenvalue weighted by atomic mass is 10.2. The smallest absolute Gasteiger partial charge is 0.234 e. The Kier molecular flexibility index (Phi) is 5.15.